The summed E-state index contributed by atoms with van der Waals surface area (Å²) in [4.78, 5) is 2.42. The standard InChI is InChI=1S/C14H22N2O2/c17-11-14(18)8-15-13-6-7-16(10-13)9-12-4-2-1-3-5-12/h1-5,13-15,17-18H,6-11H2/t13-,14+/m1/s1. The number of benzene rings is 1. The SMILES string of the molecule is OC[C@@H](O)CN[C@@H]1CCN(Cc2ccccc2)C1. The summed E-state index contributed by atoms with van der Waals surface area (Å²) in [6, 6.07) is 10.9. The van der Waals surface area contributed by atoms with E-state index in [2.05, 4.69) is 34.5 Å². The van der Waals surface area contributed by atoms with E-state index in [1.807, 2.05) is 6.07 Å². The monoisotopic (exact) mass is 250 g/mol. The molecule has 1 fully saturated rings. The van der Waals surface area contributed by atoms with Crippen LogP contribution in [0.5, 0.6) is 0 Å². The summed E-state index contributed by atoms with van der Waals surface area (Å²) in [6.45, 7) is 3.38. The molecule has 0 unspecified atom stereocenters. The Kier molecular flexibility index (Phi) is 5.13. The van der Waals surface area contributed by atoms with Crippen LogP contribution in [0.4, 0.5) is 0 Å². The van der Waals surface area contributed by atoms with Crippen molar-refractivity contribution in [2.24, 2.45) is 0 Å². The predicted octanol–water partition coefficient (Wildman–Crippen LogP) is 0.204. The number of nitrogens with one attached hydrogen (secondary N) is 1. The molecule has 2 rings (SSSR count). The molecule has 0 aromatic heterocycles. The van der Waals surface area contributed by atoms with Gasteiger partial charge >= 0.3 is 0 Å². The highest BCUT2D eigenvalue weighted by Crippen LogP contribution is 2.13. The van der Waals surface area contributed by atoms with Gasteiger partial charge in [0.05, 0.1) is 12.7 Å². The third kappa shape index (κ3) is 4.07. The molecule has 2 atom stereocenters. The van der Waals surface area contributed by atoms with Crippen molar-refractivity contribution in [1.29, 1.82) is 0 Å². The zero-order valence-electron chi connectivity index (χ0n) is 10.6. The molecule has 0 saturated carbocycles. The molecule has 1 aromatic carbocycles. The van der Waals surface area contributed by atoms with E-state index in [9.17, 15) is 5.11 Å². The lowest BCUT2D eigenvalue weighted by Crippen LogP contribution is -2.38. The van der Waals surface area contributed by atoms with Crippen molar-refractivity contribution >= 4 is 0 Å². The van der Waals surface area contributed by atoms with Gasteiger partial charge in [-0.2, -0.15) is 0 Å². The first-order valence-electron chi connectivity index (χ1n) is 6.56. The zero-order valence-corrected chi connectivity index (χ0v) is 10.6. The number of hydrogen-bond donors (Lipinski definition) is 3. The van der Waals surface area contributed by atoms with Crippen LogP contribution >= 0.6 is 0 Å². The van der Waals surface area contributed by atoms with Gasteiger partial charge in [-0.05, 0) is 12.0 Å². The highest BCUT2D eigenvalue weighted by molar-refractivity contribution is 5.14. The van der Waals surface area contributed by atoms with Crippen LogP contribution in [0.2, 0.25) is 0 Å². The maximum Gasteiger partial charge on any atom is 0.0895 e. The van der Waals surface area contributed by atoms with E-state index in [1.165, 1.54) is 5.56 Å². The summed E-state index contributed by atoms with van der Waals surface area (Å²) in [5, 5.41) is 21.3. The van der Waals surface area contributed by atoms with Gasteiger partial charge in [0.15, 0.2) is 0 Å². The van der Waals surface area contributed by atoms with Crippen LogP contribution < -0.4 is 5.32 Å². The predicted molar refractivity (Wildman–Crippen MR) is 71.2 cm³/mol. The first-order chi connectivity index (χ1) is 8.78. The van der Waals surface area contributed by atoms with Gasteiger partial charge in [-0.15, -0.1) is 0 Å². The maximum absolute atomic E-state index is 9.29. The molecule has 1 heterocycles. The Hall–Kier alpha value is -0.940. The summed E-state index contributed by atoms with van der Waals surface area (Å²) >= 11 is 0. The molecule has 0 aliphatic carbocycles. The number of aliphatic hydroxyl groups excluding tert-OH is 2. The van der Waals surface area contributed by atoms with Crippen molar-refractivity contribution in [3.63, 3.8) is 0 Å². The minimum atomic E-state index is -0.645. The van der Waals surface area contributed by atoms with Crippen molar-refractivity contribution in [2.45, 2.75) is 25.1 Å². The molecule has 1 saturated heterocycles. The third-order valence-corrected chi connectivity index (χ3v) is 3.37. The van der Waals surface area contributed by atoms with E-state index in [4.69, 9.17) is 5.11 Å². The lowest BCUT2D eigenvalue weighted by Gasteiger charge is -2.17. The summed E-state index contributed by atoms with van der Waals surface area (Å²) in [5.41, 5.74) is 1.34. The summed E-state index contributed by atoms with van der Waals surface area (Å²) in [5.74, 6) is 0. The molecule has 0 amide bonds. The normalized spacial score (nSPS) is 22.2. The minimum Gasteiger partial charge on any atom is -0.394 e. The second kappa shape index (κ2) is 6.85. The van der Waals surface area contributed by atoms with Gasteiger partial charge in [0.25, 0.3) is 0 Å². The highest BCUT2D eigenvalue weighted by atomic mass is 16.3. The smallest absolute Gasteiger partial charge is 0.0895 e. The van der Waals surface area contributed by atoms with E-state index >= 15 is 0 Å². The lowest BCUT2D eigenvalue weighted by atomic mass is 10.2. The van der Waals surface area contributed by atoms with Gasteiger partial charge in [0.1, 0.15) is 0 Å². The molecule has 1 aliphatic heterocycles. The Bertz CT molecular complexity index is 345. The second-order valence-corrected chi connectivity index (χ2v) is 4.95. The molecular weight excluding hydrogens is 228 g/mol. The van der Waals surface area contributed by atoms with Crippen LogP contribution in [-0.4, -0.2) is 53.5 Å². The van der Waals surface area contributed by atoms with Crippen molar-refractivity contribution < 1.29 is 10.2 Å². The minimum absolute atomic E-state index is 0.173. The van der Waals surface area contributed by atoms with Gasteiger partial charge in [-0.1, -0.05) is 30.3 Å². The van der Waals surface area contributed by atoms with Crippen LogP contribution in [0.25, 0.3) is 0 Å². The average molecular weight is 250 g/mol. The molecule has 1 aliphatic rings. The molecule has 3 N–H and O–H groups in total. The number of hydrogen-bond acceptors (Lipinski definition) is 4. The van der Waals surface area contributed by atoms with E-state index in [0.29, 0.717) is 12.6 Å². The number of likely N-dealkylation sites (tertiary alicyclic amines) is 1. The lowest BCUT2D eigenvalue weighted by molar-refractivity contribution is 0.0920. The fourth-order valence-corrected chi connectivity index (χ4v) is 2.35. The molecule has 4 nitrogen and oxygen atoms in total. The summed E-state index contributed by atoms with van der Waals surface area (Å²) in [7, 11) is 0. The Balaban J connectivity index is 1.72. The van der Waals surface area contributed by atoms with E-state index in [-0.39, 0.29) is 6.61 Å². The van der Waals surface area contributed by atoms with Crippen molar-refractivity contribution in [2.75, 3.05) is 26.2 Å². The largest absolute Gasteiger partial charge is 0.394 e. The number of nitrogens with zero attached hydrogens (tertiary/aromatic N) is 1. The zero-order chi connectivity index (χ0) is 12.8. The first kappa shape index (κ1) is 13.5. The maximum atomic E-state index is 9.29. The molecule has 1 aromatic rings. The number of aliphatic hydroxyl groups is 2. The van der Waals surface area contributed by atoms with Gasteiger partial charge in [-0.3, -0.25) is 4.90 Å². The van der Waals surface area contributed by atoms with Crippen LogP contribution in [0, 0.1) is 0 Å². The Labute approximate surface area is 108 Å². The molecule has 18 heavy (non-hydrogen) atoms. The van der Waals surface area contributed by atoms with Gasteiger partial charge in [0, 0.05) is 32.2 Å². The second-order valence-electron chi connectivity index (χ2n) is 4.95. The van der Waals surface area contributed by atoms with Crippen molar-refractivity contribution in [1.82, 2.24) is 10.2 Å². The summed E-state index contributed by atoms with van der Waals surface area (Å²) in [6.07, 6.45) is 0.457. The van der Waals surface area contributed by atoms with Gasteiger partial charge in [-0.25, -0.2) is 0 Å². The van der Waals surface area contributed by atoms with E-state index in [1.54, 1.807) is 0 Å². The van der Waals surface area contributed by atoms with Crippen molar-refractivity contribution in [3.8, 4) is 0 Å². The topological polar surface area (TPSA) is 55.7 Å². The quantitative estimate of drug-likeness (QED) is 0.675. The molecule has 0 radical (unpaired) electrons. The average Bonchev–Trinajstić information content (AvgIpc) is 2.85. The fourth-order valence-electron chi connectivity index (χ4n) is 2.35. The van der Waals surface area contributed by atoms with Crippen molar-refractivity contribution in [3.05, 3.63) is 35.9 Å². The van der Waals surface area contributed by atoms with Gasteiger partial charge in [0.2, 0.25) is 0 Å². The van der Waals surface area contributed by atoms with Crippen LogP contribution in [0.3, 0.4) is 0 Å². The Morgan fingerprint density at radius 2 is 2.11 bits per heavy atom. The third-order valence-electron chi connectivity index (χ3n) is 3.37. The highest BCUT2D eigenvalue weighted by Gasteiger charge is 2.22. The van der Waals surface area contributed by atoms with E-state index < -0.39 is 6.10 Å². The van der Waals surface area contributed by atoms with Gasteiger partial charge < -0.3 is 15.5 Å². The fraction of sp³-hybridized carbons (Fsp3) is 0.571. The number of rotatable bonds is 6. The molecule has 4 heteroatoms. The van der Waals surface area contributed by atoms with E-state index in [0.717, 1.165) is 26.1 Å². The molecular formula is C14H22N2O2. The molecule has 100 valence electrons. The first-order valence-corrected chi connectivity index (χ1v) is 6.56. The van der Waals surface area contributed by atoms with Crippen LogP contribution in [0.15, 0.2) is 30.3 Å². The molecule has 0 bridgehead atoms. The Morgan fingerprint density at radius 1 is 1.33 bits per heavy atom. The van der Waals surface area contributed by atoms with Crippen LogP contribution in [0.1, 0.15) is 12.0 Å². The summed E-state index contributed by atoms with van der Waals surface area (Å²) < 4.78 is 0. The Morgan fingerprint density at radius 3 is 2.83 bits per heavy atom. The van der Waals surface area contributed by atoms with Crippen LogP contribution in [-0.2, 0) is 6.54 Å². The molecule has 0 spiro atoms.